The predicted molar refractivity (Wildman–Crippen MR) is 115 cm³/mol. The summed E-state index contributed by atoms with van der Waals surface area (Å²) < 4.78 is 2.98. The van der Waals surface area contributed by atoms with Crippen LogP contribution in [0.4, 0.5) is 11.6 Å². The smallest absolute Gasteiger partial charge is 0.229 e. The van der Waals surface area contributed by atoms with Gasteiger partial charge in [0, 0.05) is 55.3 Å². The van der Waals surface area contributed by atoms with Crippen molar-refractivity contribution in [1.29, 1.82) is 0 Å². The molecule has 3 aromatic heterocycles. The van der Waals surface area contributed by atoms with Gasteiger partial charge in [-0.1, -0.05) is 0 Å². The molecule has 4 heterocycles. The van der Waals surface area contributed by atoms with E-state index in [0.29, 0.717) is 11.9 Å². The number of aliphatic hydroxyl groups is 1. The van der Waals surface area contributed by atoms with Crippen LogP contribution in [0.3, 0.4) is 0 Å². The largest absolute Gasteiger partial charge is 0.390 e. The van der Waals surface area contributed by atoms with E-state index < -0.39 is 0 Å². The molecule has 4 aromatic rings. The second kappa shape index (κ2) is 7.12. The quantitative estimate of drug-likeness (QED) is 0.496. The van der Waals surface area contributed by atoms with E-state index in [-0.39, 0.29) is 6.10 Å². The van der Waals surface area contributed by atoms with E-state index in [0.717, 1.165) is 41.4 Å². The molecule has 0 atom stereocenters. The van der Waals surface area contributed by atoms with Crippen LogP contribution >= 0.6 is 11.3 Å². The third-order valence-corrected chi connectivity index (χ3v) is 6.37. The molecular formula is C21H21N7OS. The van der Waals surface area contributed by atoms with Gasteiger partial charge in [0.25, 0.3) is 0 Å². The number of rotatable bonds is 6. The van der Waals surface area contributed by atoms with Crippen LogP contribution < -0.4 is 5.32 Å². The number of nitrogens with zero attached hydrogens (tertiary/aromatic N) is 6. The predicted octanol–water partition coefficient (Wildman–Crippen LogP) is 3.07. The number of anilines is 2. The summed E-state index contributed by atoms with van der Waals surface area (Å²) in [6.07, 6.45) is 6.03. The van der Waals surface area contributed by atoms with Crippen molar-refractivity contribution in [3.63, 3.8) is 0 Å². The molecule has 0 amide bonds. The Hall–Kier alpha value is -2.88. The normalized spacial score (nSPS) is 17.4. The summed E-state index contributed by atoms with van der Waals surface area (Å²) in [6, 6.07) is 7.91. The fraction of sp³-hybridized carbons (Fsp3) is 0.333. The molecule has 1 saturated heterocycles. The van der Waals surface area contributed by atoms with Crippen LogP contribution in [-0.2, 0) is 6.54 Å². The van der Waals surface area contributed by atoms with E-state index >= 15 is 0 Å². The van der Waals surface area contributed by atoms with Crippen molar-refractivity contribution in [2.24, 2.45) is 0 Å². The molecule has 9 heteroatoms. The van der Waals surface area contributed by atoms with Crippen LogP contribution in [-0.4, -0.2) is 53.9 Å². The number of β-amino-alcohol motifs (C(OH)–C–C–N with tert-alkyl or cyclic N) is 1. The Labute approximate surface area is 177 Å². The van der Waals surface area contributed by atoms with Gasteiger partial charge in [-0.05, 0) is 31.0 Å². The Balaban J connectivity index is 1.26. The number of thiazole rings is 1. The molecule has 30 heavy (non-hydrogen) atoms. The fourth-order valence-electron chi connectivity index (χ4n) is 3.87. The van der Waals surface area contributed by atoms with Crippen molar-refractivity contribution >= 4 is 33.2 Å². The van der Waals surface area contributed by atoms with Crippen molar-refractivity contribution in [2.45, 2.75) is 31.4 Å². The van der Waals surface area contributed by atoms with Gasteiger partial charge in [0.2, 0.25) is 5.95 Å². The maximum Gasteiger partial charge on any atom is 0.229 e. The summed E-state index contributed by atoms with van der Waals surface area (Å²) in [5, 5.41) is 17.7. The average Bonchev–Trinajstić information content (AvgIpc) is 3.31. The van der Waals surface area contributed by atoms with E-state index in [2.05, 4.69) is 37.4 Å². The zero-order valence-corrected chi connectivity index (χ0v) is 17.1. The summed E-state index contributed by atoms with van der Waals surface area (Å²) in [7, 11) is 0. The van der Waals surface area contributed by atoms with Gasteiger partial charge >= 0.3 is 0 Å². The Kier molecular flexibility index (Phi) is 4.26. The lowest BCUT2D eigenvalue weighted by Crippen LogP contribution is -2.49. The number of nitrogens with one attached hydrogen (secondary N) is 1. The first-order valence-corrected chi connectivity index (χ1v) is 11.0. The number of hydrogen-bond donors (Lipinski definition) is 2. The monoisotopic (exact) mass is 419 g/mol. The highest BCUT2D eigenvalue weighted by Gasteiger charge is 2.32. The standard InChI is InChI=1S/C21H21N7OS/c29-16-10-27(11-16)8-14-9-28(26-20(14)13-1-2-13)19-5-6-22-21(25-19)24-15-3-4-17-18(7-15)30-12-23-17/h3-7,9,12-13,16,29H,1-2,8,10-11H2,(H,22,24,25). The first-order chi connectivity index (χ1) is 14.7. The highest BCUT2D eigenvalue weighted by atomic mass is 32.1. The summed E-state index contributed by atoms with van der Waals surface area (Å²) in [6.45, 7) is 2.30. The second-order valence-electron chi connectivity index (χ2n) is 8.00. The van der Waals surface area contributed by atoms with Gasteiger partial charge in [0.05, 0.1) is 27.5 Å². The zero-order chi connectivity index (χ0) is 20.1. The van der Waals surface area contributed by atoms with E-state index in [1.54, 1.807) is 17.5 Å². The summed E-state index contributed by atoms with van der Waals surface area (Å²) in [4.78, 5) is 15.6. The Morgan fingerprint density at radius 2 is 2.07 bits per heavy atom. The minimum absolute atomic E-state index is 0.191. The molecule has 2 fully saturated rings. The third kappa shape index (κ3) is 3.45. The molecule has 0 spiro atoms. The van der Waals surface area contributed by atoms with Crippen LogP contribution in [0.5, 0.6) is 0 Å². The van der Waals surface area contributed by atoms with Crippen LogP contribution in [0, 0.1) is 0 Å². The van der Waals surface area contributed by atoms with Crippen molar-refractivity contribution in [3.8, 4) is 5.82 Å². The number of likely N-dealkylation sites (tertiary alicyclic amines) is 1. The molecule has 2 aliphatic rings. The van der Waals surface area contributed by atoms with Crippen molar-refractivity contribution < 1.29 is 5.11 Å². The first kappa shape index (κ1) is 17.9. The molecule has 1 aromatic carbocycles. The van der Waals surface area contributed by atoms with Crippen LogP contribution in [0.15, 0.2) is 42.2 Å². The molecule has 2 N–H and O–H groups in total. The molecule has 1 aliphatic heterocycles. The van der Waals surface area contributed by atoms with E-state index in [1.807, 2.05) is 28.4 Å². The van der Waals surface area contributed by atoms with Gasteiger partial charge in [0.15, 0.2) is 5.82 Å². The molecule has 0 bridgehead atoms. The third-order valence-electron chi connectivity index (χ3n) is 5.58. The lowest BCUT2D eigenvalue weighted by Gasteiger charge is -2.35. The molecule has 8 nitrogen and oxygen atoms in total. The van der Waals surface area contributed by atoms with Crippen molar-refractivity contribution in [1.82, 2.24) is 29.6 Å². The number of aromatic nitrogens is 5. The highest BCUT2D eigenvalue weighted by molar-refractivity contribution is 7.16. The number of benzene rings is 1. The Morgan fingerprint density at radius 3 is 2.90 bits per heavy atom. The number of fused-ring (bicyclic) bond motifs is 1. The number of hydrogen-bond acceptors (Lipinski definition) is 8. The maximum absolute atomic E-state index is 9.58. The fourth-order valence-corrected chi connectivity index (χ4v) is 4.59. The topological polar surface area (TPSA) is 92.0 Å². The lowest BCUT2D eigenvalue weighted by atomic mass is 10.1. The zero-order valence-electron chi connectivity index (χ0n) is 16.3. The highest BCUT2D eigenvalue weighted by Crippen LogP contribution is 2.41. The molecule has 1 aliphatic carbocycles. The van der Waals surface area contributed by atoms with E-state index in [9.17, 15) is 5.11 Å². The van der Waals surface area contributed by atoms with Gasteiger partial charge in [-0.3, -0.25) is 4.90 Å². The van der Waals surface area contributed by atoms with Gasteiger partial charge < -0.3 is 10.4 Å². The van der Waals surface area contributed by atoms with Gasteiger partial charge in [0.1, 0.15) is 0 Å². The molecular weight excluding hydrogens is 398 g/mol. The first-order valence-electron chi connectivity index (χ1n) is 10.1. The van der Waals surface area contributed by atoms with Gasteiger partial charge in [-0.15, -0.1) is 11.3 Å². The summed E-state index contributed by atoms with van der Waals surface area (Å²) in [5.41, 5.74) is 6.17. The molecule has 152 valence electrons. The molecule has 0 unspecified atom stereocenters. The van der Waals surface area contributed by atoms with Crippen LogP contribution in [0.25, 0.3) is 16.0 Å². The van der Waals surface area contributed by atoms with E-state index in [4.69, 9.17) is 5.10 Å². The summed E-state index contributed by atoms with van der Waals surface area (Å²) in [5.74, 6) is 1.83. The van der Waals surface area contributed by atoms with E-state index in [1.165, 1.54) is 24.1 Å². The molecule has 6 rings (SSSR count). The van der Waals surface area contributed by atoms with Crippen LogP contribution in [0.2, 0.25) is 0 Å². The number of aliphatic hydroxyl groups excluding tert-OH is 1. The Morgan fingerprint density at radius 1 is 1.17 bits per heavy atom. The van der Waals surface area contributed by atoms with Crippen molar-refractivity contribution in [2.75, 3.05) is 18.4 Å². The summed E-state index contributed by atoms with van der Waals surface area (Å²) >= 11 is 1.61. The molecule has 0 radical (unpaired) electrons. The van der Waals surface area contributed by atoms with Crippen LogP contribution in [0.1, 0.15) is 30.0 Å². The van der Waals surface area contributed by atoms with Crippen molar-refractivity contribution in [3.05, 3.63) is 53.4 Å². The average molecular weight is 420 g/mol. The lowest BCUT2D eigenvalue weighted by molar-refractivity contribution is -0.00300. The SMILES string of the molecule is OC1CN(Cc2cn(-c3ccnc(Nc4ccc5ncsc5c4)n3)nc2C2CC2)C1. The van der Waals surface area contributed by atoms with Gasteiger partial charge in [-0.25, -0.2) is 14.6 Å². The maximum atomic E-state index is 9.58. The van der Waals surface area contributed by atoms with Gasteiger partial charge in [-0.2, -0.15) is 10.1 Å². The minimum Gasteiger partial charge on any atom is -0.390 e. The second-order valence-corrected chi connectivity index (χ2v) is 8.89. The molecule has 1 saturated carbocycles. The Bertz CT molecular complexity index is 1210. The minimum atomic E-state index is -0.191.